The second kappa shape index (κ2) is 7.00. The first-order valence-electron chi connectivity index (χ1n) is 4.64. The smallest absolute Gasteiger partial charge is 0.352 e. The van der Waals surface area contributed by atoms with Gasteiger partial charge < -0.3 is 9.57 Å². The average molecular weight is 286 g/mol. The van der Waals surface area contributed by atoms with Crippen molar-refractivity contribution in [2.45, 2.75) is 11.9 Å². The molecule has 0 saturated carbocycles. The van der Waals surface area contributed by atoms with Crippen LogP contribution in [0, 0.1) is 0 Å². The van der Waals surface area contributed by atoms with Crippen molar-refractivity contribution in [1.29, 1.82) is 0 Å². The second-order valence-corrected chi connectivity index (χ2v) is 3.49. The lowest BCUT2D eigenvalue weighted by Gasteiger charge is -2.04. The van der Waals surface area contributed by atoms with Crippen LogP contribution in [0.4, 0.5) is 0 Å². The molecular weight excluding hydrogens is 274 g/mol. The Morgan fingerprint density at radius 1 is 1.44 bits per heavy atom. The van der Waals surface area contributed by atoms with E-state index in [0.29, 0.717) is 6.61 Å². The minimum atomic E-state index is -0.534. The van der Waals surface area contributed by atoms with Gasteiger partial charge in [-0.25, -0.2) is 4.79 Å². The molecule has 4 nitrogen and oxygen atoms in total. The Bertz CT molecular complexity index is 379. The largest absolute Gasteiger partial charge is 0.465 e. The topological polar surface area (TPSA) is 47.9 Å². The molecule has 0 amide bonds. The van der Waals surface area contributed by atoms with Gasteiger partial charge in [-0.05, 0) is 11.1 Å². The Kier molecular flexibility index (Phi) is 5.56. The molecule has 1 rings (SSSR count). The number of carbonyl (C=O) groups is 1. The minimum Gasteiger partial charge on any atom is -0.465 e. The summed E-state index contributed by atoms with van der Waals surface area (Å²) in [5.74, 6) is -0.534. The maximum absolute atomic E-state index is 10.7. The van der Waals surface area contributed by atoms with Crippen molar-refractivity contribution in [3.63, 3.8) is 0 Å². The molecule has 0 spiro atoms. The van der Waals surface area contributed by atoms with E-state index in [1.165, 1.54) is 7.11 Å². The number of nitrogens with zero attached hydrogens (tertiary/aromatic N) is 1. The summed E-state index contributed by atoms with van der Waals surface area (Å²) in [6.45, 7) is 0.329. The highest BCUT2D eigenvalue weighted by Crippen LogP contribution is 2.13. The fourth-order valence-corrected chi connectivity index (χ4v) is 1.62. The highest BCUT2D eigenvalue weighted by atomic mass is 79.9. The Balaban J connectivity index is 2.48. The highest BCUT2D eigenvalue weighted by Gasteiger charge is 2.00. The first-order chi connectivity index (χ1) is 7.77. The third-order valence-corrected chi connectivity index (χ3v) is 2.52. The number of hydrogen-bond acceptors (Lipinski definition) is 4. The van der Waals surface area contributed by atoms with Gasteiger partial charge in [-0.3, -0.25) is 0 Å². The van der Waals surface area contributed by atoms with Crippen LogP contribution in [0.1, 0.15) is 11.1 Å². The lowest BCUT2D eigenvalue weighted by Crippen LogP contribution is -2.01. The van der Waals surface area contributed by atoms with Crippen molar-refractivity contribution in [3.05, 3.63) is 35.4 Å². The fraction of sp³-hybridized carbons (Fsp3) is 0.273. The van der Waals surface area contributed by atoms with Crippen LogP contribution in [-0.4, -0.2) is 19.3 Å². The molecule has 16 heavy (non-hydrogen) atoms. The fourth-order valence-electron chi connectivity index (χ4n) is 1.07. The van der Waals surface area contributed by atoms with E-state index in [9.17, 15) is 4.79 Å². The van der Waals surface area contributed by atoms with Gasteiger partial charge >= 0.3 is 5.97 Å². The lowest BCUT2D eigenvalue weighted by molar-refractivity contribution is -0.132. The monoisotopic (exact) mass is 285 g/mol. The molecule has 0 fully saturated rings. The molecule has 0 N–H and O–H groups in total. The molecule has 0 heterocycles. The highest BCUT2D eigenvalue weighted by molar-refractivity contribution is 9.08. The standard InChI is InChI=1S/C11H12BrNO3/c1-15-11(14)7-13-16-8-10-5-3-2-4-9(10)6-12/h2-5,7H,6,8H2,1H3/b13-7-. The molecule has 1 aromatic carbocycles. The van der Waals surface area contributed by atoms with Crippen molar-refractivity contribution in [2.24, 2.45) is 5.16 Å². The Morgan fingerprint density at radius 2 is 2.12 bits per heavy atom. The molecule has 1 aromatic rings. The SMILES string of the molecule is COC(=O)/C=N\OCc1ccccc1CBr. The maximum Gasteiger partial charge on any atom is 0.352 e. The van der Waals surface area contributed by atoms with Gasteiger partial charge in [-0.1, -0.05) is 45.4 Å². The van der Waals surface area contributed by atoms with Crippen LogP contribution < -0.4 is 0 Å². The van der Waals surface area contributed by atoms with Crippen molar-refractivity contribution in [3.8, 4) is 0 Å². The lowest BCUT2D eigenvalue weighted by atomic mass is 10.1. The van der Waals surface area contributed by atoms with Crippen molar-refractivity contribution < 1.29 is 14.4 Å². The first kappa shape index (κ1) is 12.7. The van der Waals surface area contributed by atoms with Crippen LogP contribution in [-0.2, 0) is 26.3 Å². The zero-order valence-corrected chi connectivity index (χ0v) is 10.4. The summed E-state index contributed by atoms with van der Waals surface area (Å²) >= 11 is 3.38. The maximum atomic E-state index is 10.7. The third kappa shape index (κ3) is 4.02. The third-order valence-electron chi connectivity index (χ3n) is 1.92. The second-order valence-electron chi connectivity index (χ2n) is 2.93. The van der Waals surface area contributed by atoms with Gasteiger partial charge in [0.25, 0.3) is 0 Å². The first-order valence-corrected chi connectivity index (χ1v) is 5.76. The Labute approximate surface area is 102 Å². The van der Waals surface area contributed by atoms with Gasteiger partial charge in [0.1, 0.15) is 6.61 Å². The van der Waals surface area contributed by atoms with Gasteiger partial charge in [-0.2, -0.15) is 0 Å². The van der Waals surface area contributed by atoms with Crippen LogP contribution in [0.2, 0.25) is 0 Å². The summed E-state index contributed by atoms with van der Waals surface area (Å²) in [5.41, 5.74) is 2.16. The predicted octanol–water partition coefficient (Wildman–Crippen LogP) is 2.26. The quantitative estimate of drug-likeness (QED) is 0.361. The van der Waals surface area contributed by atoms with Gasteiger partial charge in [-0.15, -0.1) is 0 Å². The molecule has 0 aliphatic carbocycles. The van der Waals surface area contributed by atoms with Gasteiger partial charge in [0.2, 0.25) is 0 Å². The van der Waals surface area contributed by atoms with E-state index in [1.54, 1.807) is 0 Å². The van der Waals surface area contributed by atoms with Crippen molar-refractivity contribution in [2.75, 3.05) is 7.11 Å². The number of ether oxygens (including phenoxy) is 1. The molecule has 0 unspecified atom stereocenters. The molecule has 86 valence electrons. The molecule has 5 heteroatoms. The van der Waals surface area contributed by atoms with E-state index in [1.807, 2.05) is 24.3 Å². The molecule has 0 radical (unpaired) electrons. The van der Waals surface area contributed by atoms with E-state index in [4.69, 9.17) is 4.84 Å². The number of hydrogen-bond donors (Lipinski definition) is 0. The van der Waals surface area contributed by atoms with Crippen molar-refractivity contribution in [1.82, 2.24) is 0 Å². The molecular formula is C11H12BrNO3. The van der Waals surface area contributed by atoms with Crippen LogP contribution in [0.15, 0.2) is 29.4 Å². The summed E-state index contributed by atoms with van der Waals surface area (Å²) in [5, 5.41) is 4.26. The van der Waals surface area contributed by atoms with Gasteiger partial charge in [0.15, 0.2) is 6.21 Å². The van der Waals surface area contributed by atoms with Crippen LogP contribution in [0.3, 0.4) is 0 Å². The van der Waals surface area contributed by atoms with Crippen molar-refractivity contribution >= 4 is 28.1 Å². The number of benzene rings is 1. The summed E-state index contributed by atoms with van der Waals surface area (Å²) in [6.07, 6.45) is 0.997. The van der Waals surface area contributed by atoms with Gasteiger partial charge in [0.05, 0.1) is 7.11 Å². The molecule has 0 saturated heterocycles. The summed E-state index contributed by atoms with van der Waals surface area (Å²) in [7, 11) is 1.29. The number of esters is 1. The molecule has 0 aliphatic rings. The summed E-state index contributed by atoms with van der Waals surface area (Å²) in [6, 6.07) is 7.83. The van der Waals surface area contributed by atoms with E-state index in [2.05, 4.69) is 25.8 Å². The van der Waals surface area contributed by atoms with E-state index < -0.39 is 5.97 Å². The van der Waals surface area contributed by atoms with E-state index >= 15 is 0 Å². The number of alkyl halides is 1. The number of oxime groups is 1. The summed E-state index contributed by atoms with van der Waals surface area (Å²) < 4.78 is 4.37. The average Bonchev–Trinajstić information content (AvgIpc) is 2.34. The zero-order chi connectivity index (χ0) is 11.8. The molecule has 0 bridgehead atoms. The number of carbonyl (C=O) groups excluding carboxylic acids is 1. The van der Waals surface area contributed by atoms with Gasteiger partial charge in [0, 0.05) is 5.33 Å². The minimum absolute atomic E-state index is 0.329. The van der Waals surface area contributed by atoms with Crippen LogP contribution >= 0.6 is 15.9 Å². The predicted molar refractivity (Wildman–Crippen MR) is 64.4 cm³/mol. The molecule has 0 aromatic heterocycles. The Hall–Kier alpha value is -1.36. The number of rotatable bonds is 5. The van der Waals surface area contributed by atoms with E-state index in [-0.39, 0.29) is 0 Å². The molecule has 0 aliphatic heterocycles. The molecule has 0 atom stereocenters. The van der Waals surface area contributed by atoms with Crippen LogP contribution in [0.25, 0.3) is 0 Å². The zero-order valence-electron chi connectivity index (χ0n) is 8.85. The number of halogens is 1. The normalized spacial score (nSPS) is 10.4. The van der Waals surface area contributed by atoms with Crippen LogP contribution in [0.5, 0.6) is 0 Å². The van der Waals surface area contributed by atoms with E-state index in [0.717, 1.165) is 22.7 Å². The summed E-state index contributed by atoms with van der Waals surface area (Å²) in [4.78, 5) is 15.7. The Morgan fingerprint density at radius 3 is 2.75 bits per heavy atom. The number of methoxy groups -OCH3 is 1.